The summed E-state index contributed by atoms with van der Waals surface area (Å²) in [5.74, 6) is 0.313. The number of hydrogen-bond acceptors (Lipinski definition) is 6. The van der Waals surface area contributed by atoms with Gasteiger partial charge >= 0.3 is 0 Å². The van der Waals surface area contributed by atoms with E-state index in [-0.39, 0.29) is 18.6 Å². The van der Waals surface area contributed by atoms with Crippen molar-refractivity contribution < 1.29 is 9.53 Å². The predicted octanol–water partition coefficient (Wildman–Crippen LogP) is 3.83. The summed E-state index contributed by atoms with van der Waals surface area (Å²) in [5.41, 5.74) is 3.09. The maximum absolute atomic E-state index is 12.8. The molecule has 1 N–H and O–H groups in total. The van der Waals surface area contributed by atoms with Crippen LogP contribution >= 0.6 is 11.3 Å². The normalized spacial score (nSPS) is 14.4. The Morgan fingerprint density at radius 1 is 1.34 bits per heavy atom. The number of ether oxygens (including phenoxy) is 1. The predicted molar refractivity (Wildman–Crippen MR) is 112 cm³/mol. The number of carbonyl (C=O) groups is 1. The van der Waals surface area contributed by atoms with Gasteiger partial charge in [0, 0.05) is 34.7 Å². The highest BCUT2D eigenvalue weighted by atomic mass is 32.1. The van der Waals surface area contributed by atoms with Crippen LogP contribution < -0.4 is 5.32 Å². The number of aryl methyl sites for hydroxylation is 2. The van der Waals surface area contributed by atoms with Gasteiger partial charge in [-0.3, -0.25) is 4.79 Å². The molecule has 29 heavy (non-hydrogen) atoms. The van der Waals surface area contributed by atoms with Gasteiger partial charge in [-0.1, -0.05) is 12.8 Å². The zero-order chi connectivity index (χ0) is 20.4. The number of methoxy groups -OCH3 is 1. The fourth-order valence-electron chi connectivity index (χ4n) is 3.83. The standard InChI is InChI=1S/C21H25N5O2S/c1-13-10-16(14(2)29-13)18-8-9-22-21(25-18)26-19(12-28-3)17(11-23-26)20(27)24-15-6-4-5-7-15/h8-11,15H,4-7,12H2,1-3H3,(H,24,27). The molecule has 1 aliphatic rings. The highest BCUT2D eigenvalue weighted by Gasteiger charge is 2.23. The minimum atomic E-state index is -0.115. The SMILES string of the molecule is COCc1c(C(=O)NC2CCCC2)cnn1-c1nccc(-c2cc(C)sc2C)n1. The molecule has 1 aliphatic carbocycles. The summed E-state index contributed by atoms with van der Waals surface area (Å²) in [6.45, 7) is 4.42. The highest BCUT2D eigenvalue weighted by Crippen LogP contribution is 2.29. The lowest BCUT2D eigenvalue weighted by molar-refractivity contribution is 0.0932. The van der Waals surface area contributed by atoms with Gasteiger partial charge in [-0.2, -0.15) is 9.78 Å². The van der Waals surface area contributed by atoms with Gasteiger partial charge in [0.05, 0.1) is 29.8 Å². The first-order chi connectivity index (χ1) is 14.1. The lowest BCUT2D eigenvalue weighted by atomic mass is 10.2. The first-order valence-electron chi connectivity index (χ1n) is 9.84. The third-order valence-corrected chi connectivity index (χ3v) is 6.20. The summed E-state index contributed by atoms with van der Waals surface area (Å²) in [4.78, 5) is 24.4. The number of amides is 1. The quantitative estimate of drug-likeness (QED) is 0.667. The van der Waals surface area contributed by atoms with E-state index in [1.807, 2.05) is 6.07 Å². The summed E-state index contributed by atoms with van der Waals surface area (Å²) in [7, 11) is 1.60. The van der Waals surface area contributed by atoms with Crippen LogP contribution in [0.3, 0.4) is 0 Å². The van der Waals surface area contributed by atoms with E-state index < -0.39 is 0 Å². The Morgan fingerprint density at radius 2 is 2.14 bits per heavy atom. The highest BCUT2D eigenvalue weighted by molar-refractivity contribution is 7.12. The maximum atomic E-state index is 12.8. The number of carbonyl (C=O) groups excluding carboxylic acids is 1. The van der Waals surface area contributed by atoms with Gasteiger partial charge in [-0.25, -0.2) is 9.97 Å². The van der Waals surface area contributed by atoms with E-state index in [0.29, 0.717) is 17.2 Å². The van der Waals surface area contributed by atoms with Gasteiger partial charge in [0.25, 0.3) is 11.9 Å². The Kier molecular flexibility index (Phi) is 5.73. The van der Waals surface area contributed by atoms with E-state index in [1.54, 1.807) is 35.5 Å². The zero-order valence-electron chi connectivity index (χ0n) is 16.9. The lowest BCUT2D eigenvalue weighted by Gasteiger charge is -2.12. The molecule has 0 aromatic carbocycles. The number of hydrogen-bond donors (Lipinski definition) is 1. The van der Waals surface area contributed by atoms with Crippen LogP contribution in [0.1, 0.15) is 51.5 Å². The fourth-order valence-corrected chi connectivity index (χ4v) is 4.76. The van der Waals surface area contributed by atoms with E-state index in [9.17, 15) is 4.79 Å². The van der Waals surface area contributed by atoms with E-state index in [4.69, 9.17) is 9.72 Å². The molecule has 152 valence electrons. The Morgan fingerprint density at radius 3 is 2.83 bits per heavy atom. The molecule has 1 fully saturated rings. The van der Waals surface area contributed by atoms with Gasteiger partial charge in [-0.15, -0.1) is 11.3 Å². The molecule has 4 rings (SSSR count). The topological polar surface area (TPSA) is 81.9 Å². The summed E-state index contributed by atoms with van der Waals surface area (Å²) >= 11 is 1.74. The van der Waals surface area contributed by atoms with Crippen LogP contribution in [0.4, 0.5) is 0 Å². The summed E-state index contributed by atoms with van der Waals surface area (Å²) in [5, 5.41) is 7.54. The molecule has 0 spiro atoms. The van der Waals surface area contributed by atoms with Crippen molar-refractivity contribution in [3.63, 3.8) is 0 Å². The van der Waals surface area contributed by atoms with Crippen molar-refractivity contribution >= 4 is 17.2 Å². The van der Waals surface area contributed by atoms with Crippen LogP contribution in [0.15, 0.2) is 24.5 Å². The monoisotopic (exact) mass is 411 g/mol. The molecule has 3 aromatic rings. The number of nitrogens with one attached hydrogen (secondary N) is 1. The third-order valence-electron chi connectivity index (χ3n) is 5.23. The summed E-state index contributed by atoms with van der Waals surface area (Å²) in [6, 6.07) is 4.27. The zero-order valence-corrected chi connectivity index (χ0v) is 17.8. The summed E-state index contributed by atoms with van der Waals surface area (Å²) < 4.78 is 6.95. The van der Waals surface area contributed by atoms with Crippen LogP contribution in [0.5, 0.6) is 0 Å². The second-order valence-electron chi connectivity index (χ2n) is 7.37. The molecule has 7 nitrogen and oxygen atoms in total. The smallest absolute Gasteiger partial charge is 0.255 e. The third kappa shape index (κ3) is 4.09. The molecule has 0 atom stereocenters. The lowest BCUT2D eigenvalue weighted by Crippen LogP contribution is -2.33. The molecule has 1 saturated carbocycles. The van der Waals surface area contributed by atoms with Gasteiger partial charge in [0.1, 0.15) is 0 Å². The number of rotatable bonds is 6. The number of nitrogens with zero attached hydrogens (tertiary/aromatic N) is 4. The molecule has 3 heterocycles. The Labute approximate surface area is 174 Å². The van der Waals surface area contributed by atoms with E-state index in [2.05, 4.69) is 35.3 Å². The van der Waals surface area contributed by atoms with Crippen molar-refractivity contribution in [1.82, 2.24) is 25.1 Å². The Hall–Kier alpha value is -2.58. The average molecular weight is 412 g/mol. The van der Waals surface area contributed by atoms with Crippen LogP contribution in [0.2, 0.25) is 0 Å². The van der Waals surface area contributed by atoms with Gasteiger partial charge in [0.2, 0.25) is 0 Å². The average Bonchev–Trinajstić information content (AvgIpc) is 3.43. The van der Waals surface area contributed by atoms with Crippen LogP contribution in [-0.4, -0.2) is 38.8 Å². The van der Waals surface area contributed by atoms with Gasteiger partial charge < -0.3 is 10.1 Å². The fraction of sp³-hybridized carbons (Fsp3) is 0.429. The van der Waals surface area contributed by atoms with Gasteiger partial charge in [-0.05, 0) is 38.8 Å². The summed E-state index contributed by atoms with van der Waals surface area (Å²) in [6.07, 6.45) is 7.69. The maximum Gasteiger partial charge on any atom is 0.255 e. The molecule has 0 aliphatic heterocycles. The second-order valence-corrected chi connectivity index (χ2v) is 8.83. The van der Waals surface area contributed by atoms with Crippen LogP contribution in [0, 0.1) is 13.8 Å². The van der Waals surface area contributed by atoms with E-state index in [1.165, 1.54) is 9.75 Å². The van der Waals surface area contributed by atoms with Crippen molar-refractivity contribution in [2.45, 2.75) is 52.2 Å². The van der Waals surface area contributed by atoms with Crippen molar-refractivity contribution in [2.75, 3.05) is 7.11 Å². The van der Waals surface area contributed by atoms with E-state index in [0.717, 1.165) is 36.9 Å². The van der Waals surface area contributed by atoms with Crippen molar-refractivity contribution in [3.8, 4) is 17.2 Å². The van der Waals surface area contributed by atoms with Crippen LogP contribution in [0.25, 0.3) is 17.2 Å². The molecule has 8 heteroatoms. The second kappa shape index (κ2) is 8.42. The molecule has 3 aromatic heterocycles. The first kappa shape index (κ1) is 19.7. The number of aromatic nitrogens is 4. The minimum absolute atomic E-state index is 0.115. The van der Waals surface area contributed by atoms with Crippen molar-refractivity contribution in [3.05, 3.63) is 45.5 Å². The van der Waals surface area contributed by atoms with Gasteiger partial charge in [0.15, 0.2) is 0 Å². The minimum Gasteiger partial charge on any atom is -0.378 e. The molecule has 0 bridgehead atoms. The van der Waals surface area contributed by atoms with Crippen LogP contribution in [-0.2, 0) is 11.3 Å². The Balaban J connectivity index is 1.68. The Bertz CT molecular complexity index is 1020. The molecule has 0 saturated heterocycles. The molecular weight excluding hydrogens is 386 g/mol. The largest absolute Gasteiger partial charge is 0.378 e. The number of thiophene rings is 1. The van der Waals surface area contributed by atoms with Crippen molar-refractivity contribution in [1.29, 1.82) is 0 Å². The molecule has 0 unspecified atom stereocenters. The molecule has 1 amide bonds. The molecular formula is C21H25N5O2S. The van der Waals surface area contributed by atoms with Crippen molar-refractivity contribution in [2.24, 2.45) is 0 Å². The first-order valence-corrected chi connectivity index (χ1v) is 10.7. The molecule has 0 radical (unpaired) electrons. The van der Waals surface area contributed by atoms with E-state index >= 15 is 0 Å².